The zero-order chi connectivity index (χ0) is 17.1. The highest BCUT2D eigenvalue weighted by Crippen LogP contribution is 2.43. The molecule has 0 bridgehead atoms. The third-order valence-corrected chi connectivity index (χ3v) is 5.42. The van der Waals surface area contributed by atoms with Gasteiger partial charge in [-0.25, -0.2) is 9.18 Å². The average Bonchev–Trinajstić information content (AvgIpc) is 3.04. The summed E-state index contributed by atoms with van der Waals surface area (Å²) in [5.74, 6) is 1.19. The summed E-state index contributed by atoms with van der Waals surface area (Å²) < 4.78 is 19.6. The molecule has 7 heteroatoms. The number of nitrogens with one attached hydrogen (secondary N) is 1. The van der Waals surface area contributed by atoms with Crippen LogP contribution in [0.15, 0.2) is 46.9 Å². The Kier molecular flexibility index (Phi) is 5.30. The molecule has 126 valence electrons. The van der Waals surface area contributed by atoms with Crippen molar-refractivity contribution < 1.29 is 13.9 Å². The first-order valence-electron chi connectivity index (χ1n) is 7.36. The molecule has 1 unspecified atom stereocenters. The monoisotopic (exact) mass is 410 g/mol. The summed E-state index contributed by atoms with van der Waals surface area (Å²) in [6.45, 7) is 0.617. The highest BCUT2D eigenvalue weighted by molar-refractivity contribution is 9.10. The summed E-state index contributed by atoms with van der Waals surface area (Å²) >= 11 is 5.14. The number of halogens is 2. The lowest BCUT2D eigenvalue weighted by Gasteiger charge is -2.25. The van der Waals surface area contributed by atoms with Gasteiger partial charge in [-0.2, -0.15) is 0 Å². The van der Waals surface area contributed by atoms with Gasteiger partial charge in [0.15, 0.2) is 0 Å². The minimum atomic E-state index is -0.381. The molecular formula is C17H16BrFN2O2S. The van der Waals surface area contributed by atoms with E-state index >= 15 is 0 Å². The smallest absolute Gasteiger partial charge is 0.323 e. The Morgan fingerprint density at radius 1 is 1.38 bits per heavy atom. The van der Waals surface area contributed by atoms with Gasteiger partial charge >= 0.3 is 6.03 Å². The Morgan fingerprint density at radius 3 is 2.96 bits per heavy atom. The van der Waals surface area contributed by atoms with E-state index in [-0.39, 0.29) is 17.2 Å². The molecule has 24 heavy (non-hydrogen) atoms. The molecule has 1 heterocycles. The number of carbonyl (C=O) groups excluding carboxylic acids is 1. The maximum atomic E-state index is 13.3. The highest BCUT2D eigenvalue weighted by atomic mass is 79.9. The van der Waals surface area contributed by atoms with E-state index in [2.05, 4.69) is 21.2 Å². The largest absolute Gasteiger partial charge is 0.496 e. The van der Waals surface area contributed by atoms with Crippen LogP contribution in [0.5, 0.6) is 5.75 Å². The predicted octanol–water partition coefficient (Wildman–Crippen LogP) is 4.88. The first-order chi connectivity index (χ1) is 11.6. The van der Waals surface area contributed by atoms with Crippen molar-refractivity contribution in [1.82, 2.24) is 4.90 Å². The number of rotatable bonds is 3. The van der Waals surface area contributed by atoms with E-state index in [1.807, 2.05) is 18.2 Å². The number of hydrogen-bond donors (Lipinski definition) is 1. The number of nitrogens with zero attached hydrogens (tertiary/aromatic N) is 1. The zero-order valence-corrected chi connectivity index (χ0v) is 15.4. The van der Waals surface area contributed by atoms with Crippen LogP contribution in [-0.4, -0.2) is 30.3 Å². The second-order valence-electron chi connectivity index (χ2n) is 5.24. The topological polar surface area (TPSA) is 41.6 Å². The number of ether oxygens (including phenoxy) is 1. The lowest BCUT2D eigenvalue weighted by atomic mass is 10.2. The van der Waals surface area contributed by atoms with Crippen LogP contribution in [0.3, 0.4) is 0 Å². The lowest BCUT2D eigenvalue weighted by molar-refractivity contribution is 0.213. The third-order valence-electron chi connectivity index (χ3n) is 3.69. The van der Waals surface area contributed by atoms with Crippen LogP contribution in [0.1, 0.15) is 10.9 Å². The van der Waals surface area contributed by atoms with Gasteiger partial charge in [0.05, 0.1) is 7.11 Å². The van der Waals surface area contributed by atoms with Crippen LogP contribution in [0.2, 0.25) is 0 Å². The summed E-state index contributed by atoms with van der Waals surface area (Å²) in [5, 5.41) is 2.61. The average molecular weight is 411 g/mol. The quantitative estimate of drug-likeness (QED) is 0.783. The second kappa shape index (κ2) is 7.44. The van der Waals surface area contributed by atoms with Crippen molar-refractivity contribution in [2.24, 2.45) is 0 Å². The second-order valence-corrected chi connectivity index (χ2v) is 7.35. The predicted molar refractivity (Wildman–Crippen MR) is 98.0 cm³/mol. The molecule has 0 spiro atoms. The molecule has 2 aromatic rings. The normalized spacial score (nSPS) is 17.0. The Balaban J connectivity index is 1.83. The molecule has 1 fully saturated rings. The van der Waals surface area contributed by atoms with Crippen molar-refractivity contribution in [1.29, 1.82) is 0 Å². The van der Waals surface area contributed by atoms with Gasteiger partial charge in [-0.05, 0) is 36.4 Å². The molecule has 2 amide bonds. The van der Waals surface area contributed by atoms with Gasteiger partial charge in [-0.3, -0.25) is 0 Å². The number of hydrogen-bond acceptors (Lipinski definition) is 3. The van der Waals surface area contributed by atoms with Gasteiger partial charge in [0, 0.05) is 28.0 Å². The van der Waals surface area contributed by atoms with Crippen molar-refractivity contribution in [2.45, 2.75) is 5.37 Å². The molecular weight excluding hydrogens is 395 g/mol. The molecule has 0 radical (unpaired) electrons. The van der Waals surface area contributed by atoms with Crippen LogP contribution in [-0.2, 0) is 0 Å². The lowest BCUT2D eigenvalue weighted by Crippen LogP contribution is -2.34. The third kappa shape index (κ3) is 3.67. The molecule has 3 rings (SSSR count). The molecule has 2 aromatic carbocycles. The SMILES string of the molecule is COc1ccc(Br)cc1C1SCCN1C(=O)Nc1cccc(F)c1. The number of benzene rings is 2. The van der Waals surface area contributed by atoms with Crippen LogP contribution >= 0.6 is 27.7 Å². The fourth-order valence-electron chi connectivity index (χ4n) is 2.60. The number of anilines is 1. The van der Waals surface area contributed by atoms with Gasteiger partial charge < -0.3 is 15.0 Å². The van der Waals surface area contributed by atoms with E-state index in [0.29, 0.717) is 12.2 Å². The Hall–Kier alpha value is -1.73. The van der Waals surface area contributed by atoms with Gasteiger partial charge in [0.2, 0.25) is 0 Å². The summed E-state index contributed by atoms with van der Waals surface area (Å²) in [4.78, 5) is 14.4. The van der Waals surface area contributed by atoms with Gasteiger partial charge in [-0.1, -0.05) is 22.0 Å². The first-order valence-corrected chi connectivity index (χ1v) is 9.21. The number of urea groups is 1. The maximum absolute atomic E-state index is 13.3. The van der Waals surface area contributed by atoms with Crippen LogP contribution in [0.4, 0.5) is 14.9 Å². The van der Waals surface area contributed by atoms with Crippen LogP contribution < -0.4 is 10.1 Å². The molecule has 1 aliphatic rings. The molecule has 1 aliphatic heterocycles. The minimum absolute atomic E-state index is 0.147. The van der Waals surface area contributed by atoms with E-state index in [1.165, 1.54) is 12.1 Å². The van der Waals surface area contributed by atoms with Gasteiger partial charge in [0.25, 0.3) is 0 Å². The van der Waals surface area contributed by atoms with Gasteiger partial charge in [0.1, 0.15) is 16.9 Å². The summed E-state index contributed by atoms with van der Waals surface area (Å²) in [5.41, 5.74) is 1.38. The Morgan fingerprint density at radius 2 is 2.21 bits per heavy atom. The number of methoxy groups -OCH3 is 1. The van der Waals surface area contributed by atoms with Crippen molar-refractivity contribution in [3.63, 3.8) is 0 Å². The van der Waals surface area contributed by atoms with Gasteiger partial charge in [-0.15, -0.1) is 11.8 Å². The van der Waals surface area contributed by atoms with E-state index in [9.17, 15) is 9.18 Å². The molecule has 1 saturated heterocycles. The van der Waals surface area contributed by atoms with Crippen molar-refractivity contribution >= 4 is 39.4 Å². The molecule has 4 nitrogen and oxygen atoms in total. The standard InChI is InChI=1S/C17H16BrFN2O2S/c1-23-15-6-5-11(18)9-14(15)16-21(7-8-24-16)17(22)20-13-4-2-3-12(19)10-13/h2-6,9-10,16H,7-8H2,1H3,(H,20,22). The van der Waals surface area contributed by atoms with E-state index < -0.39 is 0 Å². The van der Waals surface area contributed by atoms with Crippen molar-refractivity contribution in [3.8, 4) is 5.75 Å². The van der Waals surface area contributed by atoms with Crippen molar-refractivity contribution in [3.05, 3.63) is 58.3 Å². The Labute approximate surface area is 152 Å². The summed E-state index contributed by atoms with van der Waals surface area (Å²) in [6, 6.07) is 11.4. The zero-order valence-electron chi connectivity index (χ0n) is 13.0. The fourth-order valence-corrected chi connectivity index (χ4v) is 4.24. The van der Waals surface area contributed by atoms with Crippen molar-refractivity contribution in [2.75, 3.05) is 24.7 Å². The number of thioether (sulfide) groups is 1. The first kappa shape index (κ1) is 17.1. The molecule has 1 atom stereocenters. The molecule has 0 aliphatic carbocycles. The Bertz CT molecular complexity index is 759. The van der Waals surface area contributed by atoms with E-state index in [0.717, 1.165) is 21.5 Å². The number of carbonyl (C=O) groups is 1. The fraction of sp³-hybridized carbons (Fsp3) is 0.235. The minimum Gasteiger partial charge on any atom is -0.496 e. The molecule has 1 N–H and O–H groups in total. The molecule has 0 saturated carbocycles. The van der Waals surface area contributed by atoms with Crippen LogP contribution in [0.25, 0.3) is 0 Å². The maximum Gasteiger partial charge on any atom is 0.323 e. The summed E-state index contributed by atoms with van der Waals surface area (Å²) in [6.07, 6.45) is 0. The highest BCUT2D eigenvalue weighted by Gasteiger charge is 2.32. The number of amides is 2. The molecule has 0 aromatic heterocycles. The summed E-state index contributed by atoms with van der Waals surface area (Å²) in [7, 11) is 1.61. The van der Waals surface area contributed by atoms with E-state index in [4.69, 9.17) is 4.74 Å². The van der Waals surface area contributed by atoms with E-state index in [1.54, 1.807) is 35.9 Å². The van der Waals surface area contributed by atoms with Crippen LogP contribution in [0, 0.1) is 5.82 Å².